The molecular weight excluding hydrogens is 280 g/mol. The summed E-state index contributed by atoms with van der Waals surface area (Å²) in [5, 5.41) is 24.1. The van der Waals surface area contributed by atoms with Gasteiger partial charge in [-0.15, -0.1) is 0 Å². The van der Waals surface area contributed by atoms with Crippen LogP contribution in [0.25, 0.3) is 0 Å². The van der Waals surface area contributed by atoms with Crippen molar-refractivity contribution in [3.63, 3.8) is 0 Å². The van der Waals surface area contributed by atoms with E-state index in [4.69, 9.17) is 5.11 Å². The normalized spacial score (nSPS) is 11.7. The van der Waals surface area contributed by atoms with Gasteiger partial charge in [0, 0.05) is 11.8 Å². The lowest BCUT2D eigenvalue weighted by Crippen LogP contribution is -2.30. The summed E-state index contributed by atoms with van der Waals surface area (Å²) in [7, 11) is 0. The van der Waals surface area contributed by atoms with E-state index in [-0.39, 0.29) is 11.3 Å². The highest BCUT2D eigenvalue weighted by Crippen LogP contribution is 2.27. The maximum Gasteiger partial charge on any atom is 0.339 e. The van der Waals surface area contributed by atoms with Gasteiger partial charge in [0.15, 0.2) is 5.75 Å². The fraction of sp³-hybridized carbons (Fsp3) is 0.385. The number of anilines is 1. The van der Waals surface area contributed by atoms with Crippen molar-refractivity contribution in [3.05, 3.63) is 23.8 Å². The summed E-state index contributed by atoms with van der Waals surface area (Å²) in [6.45, 7) is 2.57. The molecule has 0 spiro atoms. The zero-order valence-electron chi connectivity index (χ0n) is 11.3. The molecule has 0 aromatic heterocycles. The van der Waals surface area contributed by atoms with Crippen LogP contribution in [0.2, 0.25) is 0 Å². The Morgan fingerprint density at radius 1 is 1.40 bits per heavy atom. The zero-order valence-corrected chi connectivity index (χ0v) is 12.2. The van der Waals surface area contributed by atoms with Gasteiger partial charge in [-0.3, -0.25) is 0 Å². The number of rotatable bonds is 6. The first-order valence-corrected chi connectivity index (χ1v) is 7.37. The Morgan fingerprint density at radius 3 is 2.70 bits per heavy atom. The highest BCUT2D eigenvalue weighted by molar-refractivity contribution is 7.99. The number of aromatic hydroxyl groups is 1. The van der Waals surface area contributed by atoms with E-state index in [1.807, 2.05) is 6.26 Å². The predicted octanol–water partition coefficient (Wildman–Crippen LogP) is 2.35. The van der Waals surface area contributed by atoms with Gasteiger partial charge in [-0.1, -0.05) is 13.0 Å². The number of hydrogen-bond acceptors (Lipinski definition) is 4. The molecule has 0 saturated carbocycles. The first-order chi connectivity index (χ1) is 9.45. The molecule has 4 N–H and O–H groups in total. The Hall–Kier alpha value is -1.89. The Morgan fingerprint density at radius 2 is 2.10 bits per heavy atom. The van der Waals surface area contributed by atoms with Crippen molar-refractivity contribution in [1.29, 1.82) is 0 Å². The van der Waals surface area contributed by atoms with E-state index in [1.54, 1.807) is 11.8 Å². The zero-order chi connectivity index (χ0) is 15.1. The van der Waals surface area contributed by atoms with Crippen molar-refractivity contribution >= 4 is 29.4 Å². The number of carbonyl (C=O) groups excluding carboxylic acids is 1. The molecule has 0 aliphatic carbocycles. The van der Waals surface area contributed by atoms with Crippen LogP contribution in [0, 0.1) is 0 Å². The van der Waals surface area contributed by atoms with Crippen LogP contribution in [0.3, 0.4) is 0 Å². The van der Waals surface area contributed by atoms with Crippen molar-refractivity contribution in [2.24, 2.45) is 0 Å². The molecule has 1 aromatic carbocycles. The number of amides is 2. The Bertz CT molecular complexity index is 493. The second-order valence-corrected chi connectivity index (χ2v) is 5.50. The molecule has 0 fully saturated rings. The quantitative estimate of drug-likeness (QED) is 0.604. The molecule has 1 unspecified atom stereocenters. The van der Waals surface area contributed by atoms with Crippen molar-refractivity contribution < 1.29 is 19.8 Å². The van der Waals surface area contributed by atoms with E-state index in [1.165, 1.54) is 18.2 Å². The second kappa shape index (κ2) is 7.64. The van der Waals surface area contributed by atoms with Crippen LogP contribution in [0.15, 0.2) is 18.2 Å². The molecule has 0 aliphatic rings. The largest absolute Gasteiger partial charge is 0.505 e. The number of phenols is 1. The van der Waals surface area contributed by atoms with E-state index in [0.29, 0.717) is 11.8 Å². The number of urea groups is 1. The van der Waals surface area contributed by atoms with Gasteiger partial charge in [0.25, 0.3) is 0 Å². The number of hydrogen-bond donors (Lipinski definition) is 4. The minimum Gasteiger partial charge on any atom is -0.505 e. The summed E-state index contributed by atoms with van der Waals surface area (Å²) in [6.07, 6.45) is 2.83. The van der Waals surface area contributed by atoms with Crippen molar-refractivity contribution in [2.75, 3.05) is 18.1 Å². The average molecular weight is 298 g/mol. The lowest BCUT2D eigenvalue weighted by atomic mass is 10.1. The molecule has 7 heteroatoms. The van der Waals surface area contributed by atoms with Crippen LogP contribution >= 0.6 is 11.8 Å². The monoisotopic (exact) mass is 298 g/mol. The van der Waals surface area contributed by atoms with Crippen molar-refractivity contribution in [1.82, 2.24) is 5.32 Å². The van der Waals surface area contributed by atoms with Gasteiger partial charge in [-0.25, -0.2) is 9.59 Å². The maximum atomic E-state index is 11.6. The van der Waals surface area contributed by atoms with Gasteiger partial charge in [-0.05, 0) is 24.8 Å². The number of benzene rings is 1. The molecule has 1 atom stereocenters. The number of nitrogens with one attached hydrogen (secondary N) is 2. The number of carboxylic acids is 1. The van der Waals surface area contributed by atoms with Gasteiger partial charge in [0.2, 0.25) is 0 Å². The van der Waals surface area contributed by atoms with Crippen LogP contribution in [0.4, 0.5) is 10.5 Å². The summed E-state index contributed by atoms with van der Waals surface area (Å²) in [5.41, 5.74) is -0.181. The van der Waals surface area contributed by atoms with Gasteiger partial charge in [0.1, 0.15) is 5.56 Å². The van der Waals surface area contributed by atoms with E-state index >= 15 is 0 Å². The highest BCUT2D eigenvalue weighted by atomic mass is 32.2. The summed E-state index contributed by atoms with van der Waals surface area (Å²) < 4.78 is 0. The van der Waals surface area contributed by atoms with Crippen LogP contribution in [-0.2, 0) is 0 Å². The molecule has 110 valence electrons. The van der Waals surface area contributed by atoms with Gasteiger partial charge in [-0.2, -0.15) is 11.8 Å². The average Bonchev–Trinajstić information content (AvgIpc) is 2.40. The molecule has 2 amide bonds. The van der Waals surface area contributed by atoms with E-state index in [0.717, 1.165) is 6.42 Å². The molecular formula is C13H18N2O4S. The maximum absolute atomic E-state index is 11.6. The van der Waals surface area contributed by atoms with Crippen LogP contribution < -0.4 is 10.6 Å². The third-order valence-electron chi connectivity index (χ3n) is 2.75. The topological polar surface area (TPSA) is 98.7 Å². The third-order valence-corrected chi connectivity index (χ3v) is 3.79. The lowest BCUT2D eigenvalue weighted by Gasteiger charge is -2.11. The standard InChI is InChI=1S/C13H18N2O4S/c1-8(20-2)6-7-14-13(19)15-10-5-3-4-9(11(10)16)12(17)18/h3-5,8,16H,6-7H2,1-2H3,(H,17,18)(H2,14,15,19). The lowest BCUT2D eigenvalue weighted by molar-refractivity contribution is 0.0693. The van der Waals surface area contributed by atoms with Gasteiger partial charge in [0.05, 0.1) is 5.69 Å². The smallest absolute Gasteiger partial charge is 0.339 e. The molecule has 0 bridgehead atoms. The number of carbonyl (C=O) groups is 2. The van der Waals surface area contributed by atoms with Crippen molar-refractivity contribution in [2.45, 2.75) is 18.6 Å². The number of carboxylic acid groups (broad SMARTS) is 1. The molecule has 0 saturated heterocycles. The Balaban J connectivity index is 2.58. The molecule has 20 heavy (non-hydrogen) atoms. The summed E-state index contributed by atoms with van der Waals surface area (Å²) >= 11 is 1.71. The van der Waals surface area contributed by atoms with E-state index < -0.39 is 17.7 Å². The predicted molar refractivity (Wildman–Crippen MR) is 79.7 cm³/mol. The fourth-order valence-electron chi connectivity index (χ4n) is 1.49. The number of para-hydroxylation sites is 1. The van der Waals surface area contributed by atoms with Gasteiger partial charge < -0.3 is 20.8 Å². The summed E-state index contributed by atoms with van der Waals surface area (Å²) in [5.74, 6) is -1.70. The van der Waals surface area contributed by atoms with Crippen LogP contribution in [0.5, 0.6) is 5.75 Å². The Labute approximate surface area is 121 Å². The first-order valence-electron chi connectivity index (χ1n) is 6.08. The van der Waals surface area contributed by atoms with Crippen molar-refractivity contribution in [3.8, 4) is 5.75 Å². The first kappa shape index (κ1) is 16.2. The molecule has 0 radical (unpaired) electrons. The Kier molecular flexibility index (Phi) is 6.17. The second-order valence-electron chi connectivity index (χ2n) is 4.22. The minimum absolute atomic E-state index is 0.0697. The third kappa shape index (κ3) is 4.65. The van der Waals surface area contributed by atoms with E-state index in [9.17, 15) is 14.7 Å². The fourth-order valence-corrected chi connectivity index (χ4v) is 1.84. The summed E-state index contributed by atoms with van der Waals surface area (Å²) in [6, 6.07) is 3.68. The SMILES string of the molecule is CSC(C)CCNC(=O)Nc1cccc(C(=O)O)c1O. The minimum atomic E-state index is -1.25. The van der Waals surface area contributed by atoms with Gasteiger partial charge >= 0.3 is 12.0 Å². The molecule has 0 aliphatic heterocycles. The molecule has 6 nitrogen and oxygen atoms in total. The number of aromatic carboxylic acids is 1. The molecule has 1 aromatic rings. The highest BCUT2D eigenvalue weighted by Gasteiger charge is 2.14. The van der Waals surface area contributed by atoms with Crippen LogP contribution in [0.1, 0.15) is 23.7 Å². The van der Waals surface area contributed by atoms with E-state index in [2.05, 4.69) is 17.6 Å². The van der Waals surface area contributed by atoms with Crippen LogP contribution in [-0.4, -0.2) is 40.3 Å². The number of thioether (sulfide) groups is 1. The molecule has 0 heterocycles. The summed E-state index contributed by atoms with van der Waals surface area (Å²) in [4.78, 5) is 22.5. The molecule has 1 rings (SSSR count).